The van der Waals surface area contributed by atoms with Crippen LogP contribution in [0.5, 0.6) is 0 Å². The van der Waals surface area contributed by atoms with Crippen LogP contribution in [-0.4, -0.2) is 48.2 Å². The molecule has 23 heavy (non-hydrogen) atoms. The van der Waals surface area contributed by atoms with E-state index in [1.165, 1.54) is 0 Å². The molecule has 5 heteroatoms. The molecule has 1 amide bonds. The van der Waals surface area contributed by atoms with Crippen molar-refractivity contribution in [3.05, 3.63) is 12.2 Å². The summed E-state index contributed by atoms with van der Waals surface area (Å²) in [4.78, 5) is 27.2. The van der Waals surface area contributed by atoms with Crippen LogP contribution in [0.25, 0.3) is 0 Å². The lowest BCUT2D eigenvalue weighted by Gasteiger charge is -2.23. The molecule has 5 nitrogen and oxygen atoms in total. The Morgan fingerprint density at radius 1 is 1.48 bits per heavy atom. The van der Waals surface area contributed by atoms with Crippen molar-refractivity contribution in [1.82, 2.24) is 4.90 Å². The summed E-state index contributed by atoms with van der Waals surface area (Å²) in [5.41, 5.74) is -0.607. The lowest BCUT2D eigenvalue weighted by molar-refractivity contribution is -0.154. The fourth-order valence-corrected chi connectivity index (χ4v) is 4.06. The molecule has 0 aliphatic carbocycles. The largest absolute Gasteiger partial charge is 0.465 e. The van der Waals surface area contributed by atoms with Crippen molar-refractivity contribution in [3.8, 4) is 0 Å². The zero-order chi connectivity index (χ0) is 16.6. The minimum absolute atomic E-state index is 0.0426. The van der Waals surface area contributed by atoms with Gasteiger partial charge in [-0.1, -0.05) is 45.8 Å². The summed E-state index contributed by atoms with van der Waals surface area (Å²) in [6.07, 6.45) is 6.63. The Balaban J connectivity index is 1.70. The summed E-state index contributed by atoms with van der Waals surface area (Å²) in [6, 6.07) is 0. The molecule has 128 valence electrons. The summed E-state index contributed by atoms with van der Waals surface area (Å²) in [5.74, 6) is -0.723. The Morgan fingerprint density at radius 3 is 2.96 bits per heavy atom. The highest BCUT2D eigenvalue weighted by atomic mass is 16.6. The van der Waals surface area contributed by atoms with E-state index >= 15 is 0 Å². The summed E-state index contributed by atoms with van der Waals surface area (Å²) in [7, 11) is 0. The first-order chi connectivity index (χ1) is 11.0. The minimum Gasteiger partial charge on any atom is -0.465 e. The maximum Gasteiger partial charge on any atom is 0.312 e. The van der Waals surface area contributed by atoms with Gasteiger partial charge in [0.15, 0.2) is 0 Å². The van der Waals surface area contributed by atoms with Crippen LogP contribution in [0.2, 0.25) is 0 Å². The van der Waals surface area contributed by atoms with Crippen LogP contribution in [-0.2, 0) is 19.1 Å². The standard InChI is InChI=1S/C18H27NO4/c1-4-5-6-9-22-17(21)14-13-7-8-18(23-13)11-19(10-12(2)3)16(20)15(14)18/h7-8,12-15H,4-6,9-11H2,1-3H3. The Kier molecular flexibility index (Phi) is 4.50. The van der Waals surface area contributed by atoms with Crippen LogP contribution in [0.15, 0.2) is 12.2 Å². The molecule has 0 N–H and O–H groups in total. The number of nitrogens with zero attached hydrogens (tertiary/aromatic N) is 1. The quantitative estimate of drug-likeness (QED) is 0.410. The zero-order valence-corrected chi connectivity index (χ0v) is 14.3. The van der Waals surface area contributed by atoms with Crippen molar-refractivity contribution >= 4 is 11.9 Å². The second kappa shape index (κ2) is 6.27. The highest BCUT2D eigenvalue weighted by molar-refractivity contribution is 5.91. The maximum absolute atomic E-state index is 12.8. The molecule has 0 aromatic carbocycles. The van der Waals surface area contributed by atoms with Crippen molar-refractivity contribution in [1.29, 1.82) is 0 Å². The van der Waals surface area contributed by atoms with Gasteiger partial charge in [0.25, 0.3) is 0 Å². The van der Waals surface area contributed by atoms with Crippen LogP contribution >= 0.6 is 0 Å². The minimum atomic E-state index is -0.607. The first-order valence-electron chi connectivity index (χ1n) is 8.81. The van der Waals surface area contributed by atoms with Gasteiger partial charge in [0.1, 0.15) is 11.5 Å². The number of unbranched alkanes of at least 4 members (excludes halogenated alkanes) is 2. The van der Waals surface area contributed by atoms with Crippen LogP contribution in [0, 0.1) is 17.8 Å². The van der Waals surface area contributed by atoms with Crippen LogP contribution in [0.3, 0.4) is 0 Å². The van der Waals surface area contributed by atoms with E-state index in [2.05, 4.69) is 20.8 Å². The Labute approximate surface area is 138 Å². The van der Waals surface area contributed by atoms with Crippen LogP contribution in [0.4, 0.5) is 0 Å². The number of ether oxygens (including phenoxy) is 2. The van der Waals surface area contributed by atoms with Gasteiger partial charge in [0.2, 0.25) is 5.91 Å². The van der Waals surface area contributed by atoms with Gasteiger partial charge in [-0.3, -0.25) is 9.59 Å². The van der Waals surface area contributed by atoms with Crippen molar-refractivity contribution in [2.75, 3.05) is 19.7 Å². The highest BCUT2D eigenvalue weighted by Crippen LogP contribution is 2.52. The van der Waals surface area contributed by atoms with Gasteiger partial charge in [-0.05, 0) is 12.3 Å². The molecule has 2 fully saturated rings. The van der Waals surface area contributed by atoms with E-state index in [0.29, 0.717) is 25.6 Å². The van der Waals surface area contributed by atoms with Gasteiger partial charge in [-0.25, -0.2) is 0 Å². The Hall–Kier alpha value is -1.36. The fourth-order valence-electron chi connectivity index (χ4n) is 4.06. The van der Waals surface area contributed by atoms with E-state index in [9.17, 15) is 9.59 Å². The third-order valence-corrected chi connectivity index (χ3v) is 5.03. The molecular weight excluding hydrogens is 294 g/mol. The molecule has 3 heterocycles. The number of rotatable bonds is 7. The Bertz CT molecular complexity index is 515. The van der Waals surface area contributed by atoms with E-state index in [-0.39, 0.29) is 18.0 Å². The second-order valence-electron chi connectivity index (χ2n) is 7.39. The molecule has 2 bridgehead atoms. The van der Waals surface area contributed by atoms with Crippen LogP contribution in [0.1, 0.15) is 40.0 Å². The van der Waals surface area contributed by atoms with Gasteiger partial charge in [0, 0.05) is 6.54 Å². The number of likely N-dealkylation sites (tertiary alicyclic amines) is 1. The molecule has 3 rings (SSSR count). The molecular formula is C18H27NO4. The first kappa shape index (κ1) is 16.5. The number of amides is 1. The molecule has 0 radical (unpaired) electrons. The third-order valence-electron chi connectivity index (χ3n) is 5.03. The number of carbonyl (C=O) groups is 2. The molecule has 2 saturated heterocycles. The molecule has 0 aromatic rings. The SMILES string of the molecule is CCCCCOC(=O)C1C2C=CC3(CN(CC(C)C)C(=O)C13)O2. The molecule has 3 aliphatic rings. The predicted molar refractivity (Wildman–Crippen MR) is 85.6 cm³/mol. The van der Waals surface area contributed by atoms with Gasteiger partial charge < -0.3 is 14.4 Å². The number of esters is 1. The number of hydrogen-bond acceptors (Lipinski definition) is 4. The summed E-state index contributed by atoms with van der Waals surface area (Å²) >= 11 is 0. The van der Waals surface area contributed by atoms with Crippen molar-refractivity contribution in [3.63, 3.8) is 0 Å². The zero-order valence-electron chi connectivity index (χ0n) is 14.3. The van der Waals surface area contributed by atoms with Gasteiger partial charge in [-0.2, -0.15) is 0 Å². The van der Waals surface area contributed by atoms with Gasteiger partial charge >= 0.3 is 5.97 Å². The van der Waals surface area contributed by atoms with Gasteiger partial charge in [0.05, 0.1) is 25.2 Å². The smallest absolute Gasteiger partial charge is 0.312 e. The number of fused-ring (bicyclic) bond motifs is 1. The normalized spacial score (nSPS) is 34.5. The first-order valence-corrected chi connectivity index (χ1v) is 8.81. The van der Waals surface area contributed by atoms with E-state index in [1.54, 1.807) is 0 Å². The maximum atomic E-state index is 12.8. The molecule has 0 aromatic heterocycles. The highest BCUT2D eigenvalue weighted by Gasteiger charge is 2.67. The number of hydrogen-bond donors (Lipinski definition) is 0. The molecule has 4 atom stereocenters. The molecule has 0 saturated carbocycles. The molecule has 3 aliphatic heterocycles. The van der Waals surface area contributed by atoms with Crippen molar-refractivity contribution < 1.29 is 19.1 Å². The number of carbonyl (C=O) groups excluding carboxylic acids is 2. The van der Waals surface area contributed by atoms with Crippen molar-refractivity contribution in [2.24, 2.45) is 17.8 Å². The summed E-state index contributed by atoms with van der Waals surface area (Å²) < 4.78 is 11.5. The third kappa shape index (κ3) is 2.80. The predicted octanol–water partition coefficient (Wildman–Crippen LogP) is 2.16. The van der Waals surface area contributed by atoms with E-state index in [0.717, 1.165) is 19.3 Å². The molecule has 1 spiro atoms. The van der Waals surface area contributed by atoms with Crippen LogP contribution < -0.4 is 0 Å². The topological polar surface area (TPSA) is 55.8 Å². The lowest BCUT2D eigenvalue weighted by atomic mass is 9.77. The van der Waals surface area contributed by atoms with Gasteiger partial charge in [-0.15, -0.1) is 0 Å². The second-order valence-corrected chi connectivity index (χ2v) is 7.39. The fraction of sp³-hybridized carbons (Fsp3) is 0.778. The summed E-state index contributed by atoms with van der Waals surface area (Å²) in [5, 5.41) is 0. The van der Waals surface area contributed by atoms with E-state index < -0.39 is 17.4 Å². The summed E-state index contributed by atoms with van der Waals surface area (Å²) in [6.45, 7) is 7.99. The molecule has 4 unspecified atom stereocenters. The average molecular weight is 321 g/mol. The Morgan fingerprint density at radius 2 is 2.26 bits per heavy atom. The van der Waals surface area contributed by atoms with E-state index in [1.807, 2.05) is 17.1 Å². The monoisotopic (exact) mass is 321 g/mol. The van der Waals surface area contributed by atoms with Crippen molar-refractivity contribution in [2.45, 2.75) is 51.7 Å². The van der Waals surface area contributed by atoms with E-state index in [4.69, 9.17) is 9.47 Å². The average Bonchev–Trinajstić information content (AvgIpc) is 3.12. The lowest BCUT2D eigenvalue weighted by Crippen LogP contribution is -2.40.